The van der Waals surface area contributed by atoms with Crippen molar-refractivity contribution in [1.29, 1.82) is 0 Å². The van der Waals surface area contributed by atoms with Crippen molar-refractivity contribution in [3.8, 4) is 0 Å². The van der Waals surface area contributed by atoms with Crippen molar-refractivity contribution >= 4 is 17.5 Å². The van der Waals surface area contributed by atoms with Gasteiger partial charge in [0.05, 0.1) is 6.42 Å². The molecule has 0 spiro atoms. The van der Waals surface area contributed by atoms with Gasteiger partial charge in [-0.2, -0.15) is 0 Å². The van der Waals surface area contributed by atoms with Crippen LogP contribution in [0.25, 0.3) is 5.65 Å². The number of hydrogen-bond acceptors (Lipinski definition) is 3. The number of imidazole rings is 1. The fraction of sp³-hybridized carbons (Fsp3) is 0.308. The normalized spacial score (nSPS) is 10.6. The van der Waals surface area contributed by atoms with Gasteiger partial charge in [0.25, 0.3) is 5.91 Å². The first-order valence-corrected chi connectivity index (χ1v) is 5.90. The minimum atomic E-state index is -0.926. The van der Waals surface area contributed by atoms with E-state index in [-0.39, 0.29) is 18.9 Å². The van der Waals surface area contributed by atoms with Gasteiger partial charge in [-0.1, -0.05) is 0 Å². The number of nitrogens with zero attached hydrogens (tertiary/aromatic N) is 3. The molecule has 19 heavy (non-hydrogen) atoms. The molecule has 0 bridgehead atoms. The van der Waals surface area contributed by atoms with Crippen LogP contribution in [0.1, 0.15) is 22.5 Å². The Balaban J connectivity index is 2.19. The number of rotatable bonds is 4. The summed E-state index contributed by atoms with van der Waals surface area (Å²) in [5.74, 6) is -1.20. The number of aryl methyl sites for hydroxylation is 1. The summed E-state index contributed by atoms with van der Waals surface area (Å²) in [5, 5.41) is 8.60. The Morgan fingerprint density at radius 1 is 1.47 bits per heavy atom. The Morgan fingerprint density at radius 2 is 2.21 bits per heavy atom. The number of pyridine rings is 1. The molecule has 2 heterocycles. The van der Waals surface area contributed by atoms with Crippen LogP contribution in [0.4, 0.5) is 0 Å². The van der Waals surface area contributed by atoms with Gasteiger partial charge in [-0.3, -0.25) is 9.59 Å². The third kappa shape index (κ3) is 2.90. The molecule has 0 atom stereocenters. The van der Waals surface area contributed by atoms with Crippen molar-refractivity contribution in [2.45, 2.75) is 13.3 Å². The first-order valence-electron chi connectivity index (χ1n) is 5.90. The van der Waals surface area contributed by atoms with E-state index in [2.05, 4.69) is 4.98 Å². The topological polar surface area (TPSA) is 74.9 Å². The van der Waals surface area contributed by atoms with E-state index in [0.29, 0.717) is 11.3 Å². The monoisotopic (exact) mass is 261 g/mol. The van der Waals surface area contributed by atoms with Crippen molar-refractivity contribution in [3.63, 3.8) is 0 Å². The average Bonchev–Trinajstić information content (AvgIpc) is 2.77. The molecule has 0 saturated carbocycles. The summed E-state index contributed by atoms with van der Waals surface area (Å²) in [6.45, 7) is 2.12. The number of hydrogen-bond donors (Lipinski definition) is 1. The molecular formula is C13H15N3O3. The van der Waals surface area contributed by atoms with E-state index in [9.17, 15) is 9.59 Å². The van der Waals surface area contributed by atoms with Crippen molar-refractivity contribution in [3.05, 3.63) is 35.8 Å². The van der Waals surface area contributed by atoms with Crippen LogP contribution in [-0.2, 0) is 4.79 Å². The number of amides is 1. The molecule has 2 aromatic heterocycles. The molecular weight excluding hydrogens is 246 g/mol. The van der Waals surface area contributed by atoms with Crippen LogP contribution < -0.4 is 0 Å². The van der Waals surface area contributed by atoms with Gasteiger partial charge >= 0.3 is 5.97 Å². The number of carbonyl (C=O) groups excluding carboxylic acids is 1. The molecule has 2 aromatic rings. The second kappa shape index (κ2) is 5.09. The van der Waals surface area contributed by atoms with E-state index in [0.717, 1.165) is 5.56 Å². The summed E-state index contributed by atoms with van der Waals surface area (Å²) < 4.78 is 1.77. The molecule has 0 radical (unpaired) electrons. The van der Waals surface area contributed by atoms with Crippen molar-refractivity contribution in [1.82, 2.24) is 14.3 Å². The zero-order valence-corrected chi connectivity index (χ0v) is 10.8. The smallest absolute Gasteiger partial charge is 0.305 e. The van der Waals surface area contributed by atoms with Crippen molar-refractivity contribution in [2.24, 2.45) is 0 Å². The van der Waals surface area contributed by atoms with Gasteiger partial charge in [0.1, 0.15) is 11.3 Å². The van der Waals surface area contributed by atoms with Crippen LogP contribution in [0.3, 0.4) is 0 Å². The number of aromatic nitrogens is 2. The van der Waals surface area contributed by atoms with Crippen LogP contribution in [-0.4, -0.2) is 44.9 Å². The Morgan fingerprint density at radius 3 is 2.89 bits per heavy atom. The molecule has 1 amide bonds. The maximum Gasteiger partial charge on any atom is 0.305 e. The van der Waals surface area contributed by atoms with Gasteiger partial charge in [-0.25, -0.2) is 4.98 Å². The van der Waals surface area contributed by atoms with E-state index in [1.54, 1.807) is 17.6 Å². The first-order chi connectivity index (χ1) is 8.97. The van der Waals surface area contributed by atoms with E-state index >= 15 is 0 Å². The van der Waals surface area contributed by atoms with Gasteiger partial charge in [0.2, 0.25) is 0 Å². The Hall–Kier alpha value is -2.37. The molecule has 100 valence electrons. The number of aliphatic carboxylic acids is 1. The van der Waals surface area contributed by atoms with E-state index in [1.807, 2.05) is 25.3 Å². The van der Waals surface area contributed by atoms with Crippen LogP contribution in [0.2, 0.25) is 0 Å². The molecule has 0 fully saturated rings. The Labute approximate surface area is 110 Å². The molecule has 2 rings (SSSR count). The fourth-order valence-corrected chi connectivity index (χ4v) is 1.75. The van der Waals surface area contributed by atoms with Gasteiger partial charge in [-0.05, 0) is 24.6 Å². The standard InChI is InChI=1S/C13H15N3O3/c1-9-3-6-16-8-10(14-11(16)7-9)13(19)15(2)5-4-12(17)18/h3,6-8H,4-5H2,1-2H3,(H,17,18). The quantitative estimate of drug-likeness (QED) is 0.897. The van der Waals surface area contributed by atoms with Crippen LogP contribution in [0.5, 0.6) is 0 Å². The lowest BCUT2D eigenvalue weighted by Crippen LogP contribution is -2.29. The third-order valence-corrected chi connectivity index (χ3v) is 2.84. The van der Waals surface area contributed by atoms with Crippen LogP contribution in [0.15, 0.2) is 24.5 Å². The summed E-state index contributed by atoms with van der Waals surface area (Å²) in [6.07, 6.45) is 3.41. The van der Waals surface area contributed by atoms with E-state index in [4.69, 9.17) is 5.11 Å². The average molecular weight is 261 g/mol. The van der Waals surface area contributed by atoms with Gasteiger partial charge in [-0.15, -0.1) is 0 Å². The van der Waals surface area contributed by atoms with E-state index < -0.39 is 5.97 Å². The predicted octanol–water partition coefficient (Wildman–Crippen LogP) is 1.19. The number of fused-ring (bicyclic) bond motifs is 1. The summed E-state index contributed by atoms with van der Waals surface area (Å²) in [4.78, 5) is 28.2. The highest BCUT2D eigenvalue weighted by atomic mass is 16.4. The highest BCUT2D eigenvalue weighted by molar-refractivity contribution is 5.92. The zero-order valence-electron chi connectivity index (χ0n) is 10.8. The second-order valence-corrected chi connectivity index (χ2v) is 4.47. The number of carbonyl (C=O) groups is 2. The molecule has 0 aliphatic heterocycles. The Kier molecular flexibility index (Phi) is 3.50. The van der Waals surface area contributed by atoms with E-state index in [1.165, 1.54) is 4.90 Å². The molecule has 1 N–H and O–H groups in total. The number of carboxylic acid groups (broad SMARTS) is 1. The third-order valence-electron chi connectivity index (χ3n) is 2.84. The highest BCUT2D eigenvalue weighted by Crippen LogP contribution is 2.09. The summed E-state index contributed by atoms with van der Waals surface area (Å²) in [6, 6.07) is 3.81. The second-order valence-electron chi connectivity index (χ2n) is 4.47. The highest BCUT2D eigenvalue weighted by Gasteiger charge is 2.16. The van der Waals surface area contributed by atoms with Crippen molar-refractivity contribution in [2.75, 3.05) is 13.6 Å². The lowest BCUT2D eigenvalue weighted by molar-refractivity contribution is -0.137. The molecule has 6 nitrogen and oxygen atoms in total. The molecule has 0 unspecified atom stereocenters. The maximum atomic E-state index is 12.1. The molecule has 6 heteroatoms. The number of carboxylic acids is 1. The summed E-state index contributed by atoms with van der Waals surface area (Å²) >= 11 is 0. The SMILES string of the molecule is Cc1ccn2cc(C(=O)N(C)CCC(=O)O)nc2c1. The van der Waals surface area contributed by atoms with Gasteiger partial charge in [0.15, 0.2) is 0 Å². The lowest BCUT2D eigenvalue weighted by Gasteiger charge is -2.13. The Bertz CT molecular complexity index is 633. The van der Waals surface area contributed by atoms with Gasteiger partial charge < -0.3 is 14.4 Å². The largest absolute Gasteiger partial charge is 0.481 e. The zero-order chi connectivity index (χ0) is 14.0. The lowest BCUT2D eigenvalue weighted by atomic mass is 10.3. The first kappa shape index (κ1) is 13.1. The molecule has 0 saturated heterocycles. The maximum absolute atomic E-state index is 12.1. The predicted molar refractivity (Wildman–Crippen MR) is 69.1 cm³/mol. The minimum Gasteiger partial charge on any atom is -0.481 e. The molecule has 0 aliphatic carbocycles. The van der Waals surface area contributed by atoms with Crippen LogP contribution in [0, 0.1) is 6.92 Å². The molecule has 0 aromatic carbocycles. The minimum absolute atomic E-state index is 0.0747. The van der Waals surface area contributed by atoms with Crippen LogP contribution >= 0.6 is 0 Å². The fourth-order valence-electron chi connectivity index (χ4n) is 1.75. The summed E-state index contributed by atoms with van der Waals surface area (Å²) in [5.41, 5.74) is 2.09. The summed E-state index contributed by atoms with van der Waals surface area (Å²) in [7, 11) is 1.57. The van der Waals surface area contributed by atoms with Gasteiger partial charge in [0, 0.05) is 26.0 Å². The molecule has 0 aliphatic rings. The van der Waals surface area contributed by atoms with Crippen molar-refractivity contribution < 1.29 is 14.7 Å².